The lowest BCUT2D eigenvalue weighted by Crippen LogP contribution is -2.52. The molecule has 0 fully saturated rings. The van der Waals surface area contributed by atoms with Crippen molar-refractivity contribution in [2.24, 2.45) is 0 Å². The highest BCUT2D eigenvalue weighted by molar-refractivity contribution is 5.96. The molecule has 0 aliphatic carbocycles. The summed E-state index contributed by atoms with van der Waals surface area (Å²) in [4.78, 5) is 23.5. The fourth-order valence-corrected chi connectivity index (χ4v) is 2.09. The number of nitrogens with zero attached hydrogens (tertiary/aromatic N) is 1. The van der Waals surface area contributed by atoms with Gasteiger partial charge in [0.2, 0.25) is 0 Å². The minimum absolute atomic E-state index is 0.336. The van der Waals surface area contributed by atoms with E-state index in [-0.39, 0.29) is 5.91 Å². The molecule has 1 unspecified atom stereocenters. The monoisotopic (exact) mass is 266 g/mol. The van der Waals surface area contributed by atoms with Gasteiger partial charge >= 0.3 is 5.97 Å². The lowest BCUT2D eigenvalue weighted by Gasteiger charge is -2.26. The summed E-state index contributed by atoms with van der Waals surface area (Å²) in [7, 11) is 0. The third-order valence-corrected chi connectivity index (χ3v) is 3.14. The predicted octanol–water partition coefficient (Wildman–Crippen LogP) is 2.27. The van der Waals surface area contributed by atoms with E-state index in [1.807, 2.05) is 24.6 Å². The minimum Gasteiger partial charge on any atom is -0.480 e. The second-order valence-electron chi connectivity index (χ2n) is 4.93. The first-order chi connectivity index (χ1) is 8.94. The third-order valence-electron chi connectivity index (χ3n) is 3.14. The maximum atomic E-state index is 12.2. The van der Waals surface area contributed by atoms with Crippen LogP contribution in [0.4, 0.5) is 0 Å². The van der Waals surface area contributed by atoms with Crippen molar-refractivity contribution in [3.8, 4) is 0 Å². The van der Waals surface area contributed by atoms with Crippen molar-refractivity contribution in [1.29, 1.82) is 0 Å². The molecule has 0 aromatic carbocycles. The molecule has 0 saturated carbocycles. The summed E-state index contributed by atoms with van der Waals surface area (Å²) in [5.74, 6) is -1.34. The van der Waals surface area contributed by atoms with Gasteiger partial charge in [-0.25, -0.2) is 4.79 Å². The smallest absolute Gasteiger partial charge is 0.329 e. The van der Waals surface area contributed by atoms with Crippen LogP contribution >= 0.6 is 0 Å². The molecule has 5 nitrogen and oxygen atoms in total. The molecule has 1 amide bonds. The molecule has 0 radical (unpaired) electrons. The molecule has 1 atom stereocenters. The van der Waals surface area contributed by atoms with Crippen LogP contribution in [0.3, 0.4) is 0 Å². The van der Waals surface area contributed by atoms with Crippen molar-refractivity contribution in [2.45, 2.75) is 52.1 Å². The van der Waals surface area contributed by atoms with Crippen LogP contribution in [-0.4, -0.2) is 27.1 Å². The maximum Gasteiger partial charge on any atom is 0.329 e. The van der Waals surface area contributed by atoms with Gasteiger partial charge in [-0.2, -0.15) is 0 Å². The molecular formula is C14H22N2O3. The van der Waals surface area contributed by atoms with Gasteiger partial charge in [0, 0.05) is 12.7 Å². The van der Waals surface area contributed by atoms with Crippen LogP contribution in [0.2, 0.25) is 0 Å². The van der Waals surface area contributed by atoms with E-state index in [1.165, 1.54) is 0 Å². The zero-order valence-electron chi connectivity index (χ0n) is 11.8. The predicted molar refractivity (Wildman–Crippen MR) is 73.1 cm³/mol. The SMILES string of the molecule is CCCn1cccc1C(=O)NC(C)(CCC)C(=O)O. The average Bonchev–Trinajstić information content (AvgIpc) is 2.77. The molecule has 0 saturated heterocycles. The first kappa shape index (κ1) is 15.3. The van der Waals surface area contributed by atoms with E-state index in [1.54, 1.807) is 19.1 Å². The summed E-state index contributed by atoms with van der Waals surface area (Å²) in [6, 6.07) is 3.50. The summed E-state index contributed by atoms with van der Waals surface area (Å²) in [5, 5.41) is 11.9. The topological polar surface area (TPSA) is 71.3 Å². The van der Waals surface area contributed by atoms with Crippen LogP contribution in [0, 0.1) is 0 Å². The van der Waals surface area contributed by atoms with Gasteiger partial charge in [-0.3, -0.25) is 4.79 Å². The van der Waals surface area contributed by atoms with Crippen molar-refractivity contribution in [1.82, 2.24) is 9.88 Å². The average molecular weight is 266 g/mol. The highest BCUT2D eigenvalue weighted by Gasteiger charge is 2.34. The molecule has 1 rings (SSSR count). The van der Waals surface area contributed by atoms with Crippen LogP contribution < -0.4 is 5.32 Å². The number of hydrogen-bond donors (Lipinski definition) is 2. The number of rotatable bonds is 7. The Morgan fingerprint density at radius 3 is 2.58 bits per heavy atom. The Labute approximate surface area is 113 Å². The molecule has 1 aromatic rings. The largest absolute Gasteiger partial charge is 0.480 e. The van der Waals surface area contributed by atoms with E-state index < -0.39 is 11.5 Å². The summed E-state index contributed by atoms with van der Waals surface area (Å²) < 4.78 is 1.84. The number of carbonyl (C=O) groups excluding carboxylic acids is 1. The first-order valence-corrected chi connectivity index (χ1v) is 6.65. The van der Waals surface area contributed by atoms with Gasteiger partial charge in [0.1, 0.15) is 11.2 Å². The Morgan fingerprint density at radius 1 is 1.37 bits per heavy atom. The van der Waals surface area contributed by atoms with Crippen molar-refractivity contribution in [2.75, 3.05) is 0 Å². The van der Waals surface area contributed by atoms with Gasteiger partial charge in [-0.1, -0.05) is 20.3 Å². The summed E-state index contributed by atoms with van der Waals surface area (Å²) in [5.41, 5.74) is -0.710. The lowest BCUT2D eigenvalue weighted by molar-refractivity contribution is -0.144. The molecule has 1 aromatic heterocycles. The van der Waals surface area contributed by atoms with Crippen LogP contribution in [0.5, 0.6) is 0 Å². The van der Waals surface area contributed by atoms with Gasteiger partial charge in [-0.05, 0) is 31.9 Å². The number of nitrogens with one attached hydrogen (secondary N) is 1. The van der Waals surface area contributed by atoms with E-state index in [4.69, 9.17) is 0 Å². The molecule has 2 N–H and O–H groups in total. The molecule has 1 heterocycles. The zero-order valence-corrected chi connectivity index (χ0v) is 11.8. The number of aliphatic carboxylic acids is 1. The van der Waals surface area contributed by atoms with Crippen molar-refractivity contribution >= 4 is 11.9 Å². The molecule has 0 spiro atoms. The zero-order chi connectivity index (χ0) is 14.5. The second-order valence-corrected chi connectivity index (χ2v) is 4.93. The number of aryl methyl sites for hydroxylation is 1. The summed E-state index contributed by atoms with van der Waals surface area (Å²) in [6.45, 7) is 6.21. The molecule has 5 heteroatoms. The molecular weight excluding hydrogens is 244 g/mol. The Balaban J connectivity index is 2.88. The van der Waals surface area contributed by atoms with Crippen LogP contribution in [0.1, 0.15) is 50.5 Å². The van der Waals surface area contributed by atoms with Crippen molar-refractivity contribution < 1.29 is 14.7 Å². The standard InChI is InChI=1S/C14H22N2O3/c1-4-8-14(3,13(18)19)15-12(17)11-7-6-10-16(11)9-5-2/h6-7,10H,4-5,8-9H2,1-3H3,(H,15,17)(H,18,19). The van der Waals surface area contributed by atoms with Gasteiger partial charge < -0.3 is 15.0 Å². The Morgan fingerprint density at radius 2 is 2.05 bits per heavy atom. The number of carboxylic acid groups (broad SMARTS) is 1. The molecule has 106 valence electrons. The normalized spacial score (nSPS) is 13.8. The third kappa shape index (κ3) is 3.59. The Hall–Kier alpha value is -1.78. The van der Waals surface area contributed by atoms with Gasteiger partial charge in [0.05, 0.1) is 0 Å². The minimum atomic E-state index is -1.22. The highest BCUT2D eigenvalue weighted by atomic mass is 16.4. The Kier molecular flexibility index (Phi) is 5.15. The Bertz CT molecular complexity index is 453. The number of hydrogen-bond acceptors (Lipinski definition) is 2. The molecule has 0 aliphatic rings. The van der Waals surface area contributed by atoms with E-state index >= 15 is 0 Å². The van der Waals surface area contributed by atoms with Gasteiger partial charge in [0.15, 0.2) is 0 Å². The molecule has 19 heavy (non-hydrogen) atoms. The molecule has 0 bridgehead atoms. The molecule has 0 aliphatic heterocycles. The first-order valence-electron chi connectivity index (χ1n) is 6.65. The quantitative estimate of drug-likeness (QED) is 0.795. The number of aromatic nitrogens is 1. The van der Waals surface area contributed by atoms with E-state index in [2.05, 4.69) is 5.32 Å². The highest BCUT2D eigenvalue weighted by Crippen LogP contribution is 2.14. The van der Waals surface area contributed by atoms with Gasteiger partial charge in [-0.15, -0.1) is 0 Å². The lowest BCUT2D eigenvalue weighted by atomic mass is 9.96. The maximum absolute atomic E-state index is 12.2. The number of carbonyl (C=O) groups is 2. The van der Waals surface area contributed by atoms with Crippen molar-refractivity contribution in [3.63, 3.8) is 0 Å². The fraction of sp³-hybridized carbons (Fsp3) is 0.571. The summed E-state index contributed by atoms with van der Waals surface area (Å²) in [6.07, 6.45) is 3.85. The van der Waals surface area contributed by atoms with Crippen molar-refractivity contribution in [3.05, 3.63) is 24.0 Å². The fourth-order valence-electron chi connectivity index (χ4n) is 2.09. The van der Waals surface area contributed by atoms with Gasteiger partial charge in [0.25, 0.3) is 5.91 Å². The van der Waals surface area contributed by atoms with Crippen LogP contribution in [-0.2, 0) is 11.3 Å². The number of amides is 1. The van der Waals surface area contributed by atoms with Crippen LogP contribution in [0.15, 0.2) is 18.3 Å². The van der Waals surface area contributed by atoms with E-state index in [9.17, 15) is 14.7 Å². The summed E-state index contributed by atoms with van der Waals surface area (Å²) >= 11 is 0. The van der Waals surface area contributed by atoms with Crippen LogP contribution in [0.25, 0.3) is 0 Å². The second kappa shape index (κ2) is 6.41. The van der Waals surface area contributed by atoms with E-state index in [0.29, 0.717) is 18.5 Å². The number of carboxylic acids is 1. The van der Waals surface area contributed by atoms with E-state index in [0.717, 1.165) is 13.0 Å².